The summed E-state index contributed by atoms with van der Waals surface area (Å²) in [5, 5.41) is 9.17. The highest BCUT2D eigenvalue weighted by Crippen LogP contribution is 2.34. The summed E-state index contributed by atoms with van der Waals surface area (Å²) < 4.78 is 8.06. The van der Waals surface area contributed by atoms with E-state index in [-0.39, 0.29) is 0 Å². The number of aryl methyl sites for hydroxylation is 1. The van der Waals surface area contributed by atoms with Crippen molar-refractivity contribution in [2.24, 2.45) is 0 Å². The molecule has 32 heavy (non-hydrogen) atoms. The number of nitrogens with zero attached hydrogens (tertiary/aromatic N) is 3. The van der Waals surface area contributed by atoms with Crippen molar-refractivity contribution in [3.8, 4) is 34.1 Å². The quantitative estimate of drug-likeness (QED) is 0.299. The number of pyridine rings is 1. The number of para-hydroxylation sites is 1. The first-order valence-electron chi connectivity index (χ1n) is 10.2. The first kappa shape index (κ1) is 19.8. The largest absolute Gasteiger partial charge is 0.384 e. The van der Waals surface area contributed by atoms with E-state index in [2.05, 4.69) is 37.3 Å². The van der Waals surface area contributed by atoms with Gasteiger partial charge in [-0.25, -0.2) is 8.94 Å². The lowest BCUT2D eigenvalue weighted by atomic mass is 9.97. The number of hydrogen-bond acceptors (Lipinski definition) is 4. The summed E-state index contributed by atoms with van der Waals surface area (Å²) >= 11 is 1.26. The predicted octanol–water partition coefficient (Wildman–Crippen LogP) is 7.32. The van der Waals surface area contributed by atoms with Gasteiger partial charge >= 0.3 is 0 Å². The molecule has 5 aromatic rings. The summed E-state index contributed by atoms with van der Waals surface area (Å²) in [4.78, 5) is 5.00. The van der Waals surface area contributed by atoms with Crippen molar-refractivity contribution in [1.29, 1.82) is 5.26 Å². The number of hydrogen-bond donors (Lipinski definition) is 0. The van der Waals surface area contributed by atoms with Gasteiger partial charge in [0.1, 0.15) is 17.3 Å². The molecule has 5 heteroatoms. The van der Waals surface area contributed by atoms with Crippen molar-refractivity contribution in [3.05, 3.63) is 108 Å². The zero-order valence-electron chi connectivity index (χ0n) is 17.4. The highest BCUT2D eigenvalue weighted by Gasteiger charge is 2.13. The Bertz CT molecular complexity index is 1470. The van der Waals surface area contributed by atoms with Gasteiger partial charge in [-0.05, 0) is 48.9 Å². The van der Waals surface area contributed by atoms with Gasteiger partial charge in [0.05, 0.1) is 23.0 Å². The lowest BCUT2D eigenvalue weighted by Gasteiger charge is -2.10. The van der Waals surface area contributed by atoms with Crippen molar-refractivity contribution >= 4 is 22.9 Å². The number of aromatic nitrogens is 2. The smallest absolute Gasteiger partial charge is 0.172 e. The SMILES string of the molecule is Cc1ccc(-c2nc3ccn(-c4ccccc4)soc3cc2-c2ccc(C#N)cc2)cc1. The monoisotopic (exact) mass is 433 g/mol. The highest BCUT2D eigenvalue weighted by atomic mass is 32.1. The van der Waals surface area contributed by atoms with Crippen LogP contribution >= 0.6 is 11.8 Å². The molecular formula is C27H19N3OS. The molecule has 3 aromatic carbocycles. The average molecular weight is 434 g/mol. The second kappa shape index (κ2) is 8.54. The van der Waals surface area contributed by atoms with Crippen LogP contribution in [0.1, 0.15) is 11.1 Å². The van der Waals surface area contributed by atoms with Gasteiger partial charge in [0.25, 0.3) is 0 Å². The molecule has 0 amide bonds. The van der Waals surface area contributed by atoms with Crippen LogP contribution in [0.4, 0.5) is 0 Å². The van der Waals surface area contributed by atoms with E-state index in [1.807, 2.05) is 76.9 Å². The molecule has 0 radical (unpaired) electrons. The van der Waals surface area contributed by atoms with Gasteiger partial charge in [-0.15, -0.1) is 0 Å². The van der Waals surface area contributed by atoms with Crippen molar-refractivity contribution in [3.63, 3.8) is 0 Å². The van der Waals surface area contributed by atoms with Gasteiger partial charge in [-0.3, -0.25) is 0 Å². The first-order valence-corrected chi connectivity index (χ1v) is 10.9. The molecule has 4 nitrogen and oxygen atoms in total. The summed E-state index contributed by atoms with van der Waals surface area (Å²) in [5.41, 5.74) is 8.15. The first-order chi connectivity index (χ1) is 15.7. The Morgan fingerprint density at radius 1 is 0.875 bits per heavy atom. The minimum Gasteiger partial charge on any atom is -0.384 e. The van der Waals surface area contributed by atoms with E-state index < -0.39 is 0 Å². The Morgan fingerprint density at radius 3 is 2.31 bits per heavy atom. The lowest BCUT2D eigenvalue weighted by molar-refractivity contribution is 0.736. The molecule has 0 saturated heterocycles. The molecule has 0 saturated carbocycles. The van der Waals surface area contributed by atoms with Crippen LogP contribution < -0.4 is 0 Å². The molecule has 0 unspecified atom stereocenters. The average Bonchev–Trinajstić information content (AvgIpc) is 3.06. The molecule has 0 spiro atoms. The van der Waals surface area contributed by atoms with E-state index in [9.17, 15) is 0 Å². The molecule has 0 fully saturated rings. The van der Waals surface area contributed by atoms with E-state index >= 15 is 0 Å². The van der Waals surface area contributed by atoms with Gasteiger partial charge < -0.3 is 3.85 Å². The third kappa shape index (κ3) is 3.92. The van der Waals surface area contributed by atoms with Crippen LogP contribution in [-0.2, 0) is 0 Å². The van der Waals surface area contributed by atoms with E-state index in [0.717, 1.165) is 33.6 Å². The Kier molecular flexibility index (Phi) is 5.29. The molecule has 0 bridgehead atoms. The number of nitriles is 1. The fourth-order valence-corrected chi connectivity index (χ4v) is 4.13. The fourth-order valence-electron chi connectivity index (χ4n) is 3.52. The summed E-state index contributed by atoms with van der Waals surface area (Å²) in [6.07, 6.45) is 1.97. The van der Waals surface area contributed by atoms with Crippen LogP contribution in [0.15, 0.2) is 101 Å². The molecular weight excluding hydrogens is 414 g/mol. The Hall–Kier alpha value is -4.14. The molecule has 0 aliphatic rings. The molecule has 2 aromatic heterocycles. The maximum Gasteiger partial charge on any atom is 0.172 e. The maximum absolute atomic E-state index is 9.17. The highest BCUT2D eigenvalue weighted by molar-refractivity contribution is 6.97. The number of benzene rings is 3. The zero-order chi connectivity index (χ0) is 21.9. The summed E-state index contributed by atoms with van der Waals surface area (Å²) in [5.74, 6) is 0. The molecule has 0 N–H and O–H groups in total. The molecule has 0 aliphatic carbocycles. The second-order valence-corrected chi connectivity index (χ2v) is 8.17. The summed E-state index contributed by atoms with van der Waals surface area (Å²) in [6, 6.07) is 32.1. The van der Waals surface area contributed by atoms with E-state index in [1.54, 1.807) is 0 Å². The van der Waals surface area contributed by atoms with Crippen molar-refractivity contribution in [2.45, 2.75) is 6.92 Å². The standard InChI is InChI=1S/C27H19N3OS/c1-19-7-11-22(12-8-19)27-24(21-13-9-20(18-28)10-14-21)17-26-25(29-27)15-16-30(32-31-26)23-5-3-2-4-6-23/h2-17H,1H3. The Labute approximate surface area is 190 Å². The zero-order valence-corrected chi connectivity index (χ0v) is 18.2. The minimum absolute atomic E-state index is 0.626. The van der Waals surface area contributed by atoms with Crippen molar-refractivity contribution in [1.82, 2.24) is 8.94 Å². The summed E-state index contributed by atoms with van der Waals surface area (Å²) in [7, 11) is 0. The van der Waals surface area contributed by atoms with Crippen LogP contribution in [-0.4, -0.2) is 8.94 Å². The molecule has 154 valence electrons. The Morgan fingerprint density at radius 2 is 1.59 bits per heavy atom. The van der Waals surface area contributed by atoms with Crippen LogP contribution in [0.5, 0.6) is 0 Å². The normalized spacial score (nSPS) is 10.6. The minimum atomic E-state index is 0.626. The van der Waals surface area contributed by atoms with E-state index in [0.29, 0.717) is 11.1 Å². The molecule has 2 heterocycles. The van der Waals surface area contributed by atoms with Crippen LogP contribution in [0, 0.1) is 18.3 Å². The van der Waals surface area contributed by atoms with Gasteiger partial charge in [-0.1, -0.05) is 60.2 Å². The van der Waals surface area contributed by atoms with Gasteiger partial charge in [0.15, 0.2) is 5.58 Å². The van der Waals surface area contributed by atoms with Crippen LogP contribution in [0.25, 0.3) is 39.2 Å². The van der Waals surface area contributed by atoms with Crippen molar-refractivity contribution < 1.29 is 3.85 Å². The van der Waals surface area contributed by atoms with Crippen LogP contribution in [0.2, 0.25) is 0 Å². The van der Waals surface area contributed by atoms with Gasteiger partial charge in [-0.2, -0.15) is 5.26 Å². The van der Waals surface area contributed by atoms with E-state index in [4.69, 9.17) is 14.1 Å². The summed E-state index contributed by atoms with van der Waals surface area (Å²) in [6.45, 7) is 2.07. The Balaban J connectivity index is 1.74. The fraction of sp³-hybridized carbons (Fsp3) is 0.0370. The van der Waals surface area contributed by atoms with Gasteiger partial charge in [0, 0.05) is 17.3 Å². The van der Waals surface area contributed by atoms with E-state index in [1.165, 1.54) is 17.4 Å². The number of rotatable bonds is 3. The van der Waals surface area contributed by atoms with Crippen LogP contribution in [0.3, 0.4) is 0 Å². The third-order valence-electron chi connectivity index (χ3n) is 5.25. The topological polar surface area (TPSA) is 54.8 Å². The second-order valence-electron chi connectivity index (χ2n) is 7.46. The maximum atomic E-state index is 9.17. The van der Waals surface area contributed by atoms with Crippen molar-refractivity contribution in [2.75, 3.05) is 0 Å². The van der Waals surface area contributed by atoms with Gasteiger partial charge in [0.2, 0.25) is 0 Å². The number of fused-ring (bicyclic) bond motifs is 1. The lowest BCUT2D eigenvalue weighted by Crippen LogP contribution is -1.91. The predicted molar refractivity (Wildman–Crippen MR) is 129 cm³/mol. The molecule has 5 rings (SSSR count). The molecule has 0 atom stereocenters. The third-order valence-corrected chi connectivity index (χ3v) is 6.00. The molecule has 0 aliphatic heterocycles.